The zero-order valence-corrected chi connectivity index (χ0v) is 11.9. The van der Waals surface area contributed by atoms with E-state index < -0.39 is 5.91 Å². The molecule has 1 amide bonds. The number of nitrogens with one attached hydrogen (secondary N) is 1. The first kappa shape index (κ1) is 15.0. The fourth-order valence-electron chi connectivity index (χ4n) is 2.96. The molecule has 0 spiro atoms. The van der Waals surface area contributed by atoms with Crippen molar-refractivity contribution in [1.29, 1.82) is 0 Å². The third-order valence-electron chi connectivity index (χ3n) is 3.89. The van der Waals surface area contributed by atoms with Gasteiger partial charge in [-0.2, -0.15) is 0 Å². The second-order valence-electron chi connectivity index (χ2n) is 5.38. The highest BCUT2D eigenvalue weighted by molar-refractivity contribution is 5.74. The highest BCUT2D eigenvalue weighted by Crippen LogP contribution is 2.32. The number of amides is 1. The van der Waals surface area contributed by atoms with Gasteiger partial charge in [-0.15, -0.1) is 0 Å². The van der Waals surface area contributed by atoms with Gasteiger partial charge in [-0.05, 0) is 24.3 Å². The average molecular weight is 276 g/mol. The molecule has 0 aromatic heterocycles. The molecule has 0 radical (unpaired) electrons. The second kappa shape index (κ2) is 8.02. The van der Waals surface area contributed by atoms with Crippen LogP contribution in [0, 0.1) is 0 Å². The largest absolute Gasteiger partial charge is 0.370 e. The molecule has 4 nitrogen and oxygen atoms in total. The van der Waals surface area contributed by atoms with Crippen LogP contribution in [0.25, 0.3) is 0 Å². The van der Waals surface area contributed by atoms with Gasteiger partial charge in [-0.1, -0.05) is 43.2 Å². The molecular formula is C16H24N2O2. The first-order chi connectivity index (χ1) is 9.77. The highest BCUT2D eigenvalue weighted by Gasteiger charge is 2.25. The van der Waals surface area contributed by atoms with Crippen molar-refractivity contribution < 1.29 is 9.53 Å². The van der Waals surface area contributed by atoms with Crippen molar-refractivity contribution in [3.8, 4) is 0 Å². The predicted molar refractivity (Wildman–Crippen MR) is 79.5 cm³/mol. The summed E-state index contributed by atoms with van der Waals surface area (Å²) in [6.45, 7) is 1.30. The molecule has 20 heavy (non-hydrogen) atoms. The molecule has 1 saturated carbocycles. The van der Waals surface area contributed by atoms with Gasteiger partial charge < -0.3 is 15.8 Å². The van der Waals surface area contributed by atoms with Gasteiger partial charge in [0.2, 0.25) is 5.91 Å². The van der Waals surface area contributed by atoms with Crippen LogP contribution in [-0.4, -0.2) is 31.7 Å². The van der Waals surface area contributed by atoms with E-state index in [0.717, 1.165) is 6.54 Å². The van der Waals surface area contributed by atoms with Crippen molar-refractivity contribution in [1.82, 2.24) is 5.32 Å². The number of ether oxygens (including phenoxy) is 1. The maximum atomic E-state index is 10.6. The number of hydrogen-bond donors (Lipinski definition) is 2. The lowest BCUT2D eigenvalue weighted by Crippen LogP contribution is -2.39. The van der Waals surface area contributed by atoms with E-state index in [1.807, 2.05) is 0 Å². The van der Waals surface area contributed by atoms with Crippen LogP contribution >= 0.6 is 0 Å². The molecule has 1 aliphatic rings. The Kier molecular flexibility index (Phi) is 6.02. The van der Waals surface area contributed by atoms with Crippen molar-refractivity contribution >= 4 is 5.91 Å². The minimum absolute atomic E-state index is 0.00839. The van der Waals surface area contributed by atoms with Gasteiger partial charge in [-0.3, -0.25) is 4.79 Å². The van der Waals surface area contributed by atoms with Crippen LogP contribution in [0.2, 0.25) is 0 Å². The van der Waals surface area contributed by atoms with Crippen LogP contribution in [0.5, 0.6) is 0 Å². The Morgan fingerprint density at radius 2 is 2.00 bits per heavy atom. The summed E-state index contributed by atoms with van der Waals surface area (Å²) in [6.07, 6.45) is 5.03. The zero-order valence-electron chi connectivity index (χ0n) is 11.9. The molecule has 4 heteroatoms. The molecule has 0 heterocycles. The molecule has 1 aromatic rings. The van der Waals surface area contributed by atoms with Gasteiger partial charge in [0.05, 0.1) is 6.61 Å². The number of hydrogen-bond acceptors (Lipinski definition) is 3. The zero-order chi connectivity index (χ0) is 14.2. The Labute approximate surface area is 120 Å². The standard InChI is InChI=1S/C16H24N2O2/c17-16(19)12-20-11-10-18-15-9-5-4-8-14(15)13-6-2-1-3-7-13/h1-3,6-7,14-15,18H,4-5,8-12H2,(H2,17,19). The lowest BCUT2D eigenvalue weighted by molar-refractivity contribution is -0.122. The van der Waals surface area contributed by atoms with Gasteiger partial charge in [0.1, 0.15) is 6.61 Å². The van der Waals surface area contributed by atoms with Crippen molar-refractivity contribution in [2.45, 2.75) is 37.6 Å². The van der Waals surface area contributed by atoms with Gasteiger partial charge in [0.25, 0.3) is 0 Å². The molecule has 0 aliphatic heterocycles. The maximum absolute atomic E-state index is 10.6. The summed E-state index contributed by atoms with van der Waals surface area (Å²) in [5, 5.41) is 3.57. The number of nitrogens with two attached hydrogens (primary N) is 1. The first-order valence-corrected chi connectivity index (χ1v) is 7.42. The summed E-state index contributed by atoms with van der Waals surface area (Å²) in [6, 6.07) is 11.2. The molecule has 3 N–H and O–H groups in total. The minimum atomic E-state index is -0.412. The van der Waals surface area contributed by atoms with E-state index in [0.29, 0.717) is 18.6 Å². The summed E-state index contributed by atoms with van der Waals surface area (Å²) in [7, 11) is 0. The first-order valence-electron chi connectivity index (χ1n) is 7.42. The number of carbonyl (C=O) groups excluding carboxylic acids is 1. The van der Waals surface area contributed by atoms with E-state index in [1.165, 1.54) is 31.2 Å². The summed E-state index contributed by atoms with van der Waals surface area (Å²) < 4.78 is 5.19. The molecule has 2 rings (SSSR count). The van der Waals surface area contributed by atoms with Gasteiger partial charge in [-0.25, -0.2) is 0 Å². The molecule has 1 aromatic carbocycles. The van der Waals surface area contributed by atoms with E-state index in [1.54, 1.807) is 0 Å². The molecule has 1 aliphatic carbocycles. The Morgan fingerprint density at radius 3 is 2.75 bits per heavy atom. The van der Waals surface area contributed by atoms with Gasteiger partial charge in [0.15, 0.2) is 0 Å². The van der Waals surface area contributed by atoms with Crippen LogP contribution in [0.1, 0.15) is 37.2 Å². The highest BCUT2D eigenvalue weighted by atomic mass is 16.5. The van der Waals surface area contributed by atoms with Crippen LogP contribution in [0.15, 0.2) is 30.3 Å². The fraction of sp³-hybridized carbons (Fsp3) is 0.562. The molecule has 2 unspecified atom stereocenters. The normalized spacial score (nSPS) is 22.6. The van der Waals surface area contributed by atoms with Crippen LogP contribution < -0.4 is 11.1 Å². The van der Waals surface area contributed by atoms with Crippen LogP contribution in [0.4, 0.5) is 0 Å². The summed E-state index contributed by atoms with van der Waals surface area (Å²) in [4.78, 5) is 10.6. The topological polar surface area (TPSA) is 64.4 Å². The quantitative estimate of drug-likeness (QED) is 0.746. The second-order valence-corrected chi connectivity index (χ2v) is 5.38. The number of primary amides is 1. The monoisotopic (exact) mass is 276 g/mol. The van der Waals surface area contributed by atoms with E-state index in [-0.39, 0.29) is 6.61 Å². The third-order valence-corrected chi connectivity index (χ3v) is 3.89. The SMILES string of the molecule is NC(=O)COCCNC1CCCCC1c1ccccc1. The average Bonchev–Trinajstić information content (AvgIpc) is 2.48. The number of carbonyl (C=O) groups is 1. The van der Waals surface area contributed by atoms with Gasteiger partial charge >= 0.3 is 0 Å². The molecule has 0 bridgehead atoms. The Balaban J connectivity index is 1.80. The summed E-state index contributed by atoms with van der Waals surface area (Å²) in [5.41, 5.74) is 6.45. The van der Waals surface area contributed by atoms with Crippen LogP contribution in [-0.2, 0) is 9.53 Å². The van der Waals surface area contributed by atoms with E-state index in [4.69, 9.17) is 10.5 Å². The fourth-order valence-corrected chi connectivity index (χ4v) is 2.96. The van der Waals surface area contributed by atoms with E-state index >= 15 is 0 Å². The van der Waals surface area contributed by atoms with Crippen LogP contribution in [0.3, 0.4) is 0 Å². The smallest absolute Gasteiger partial charge is 0.243 e. The van der Waals surface area contributed by atoms with Crippen molar-refractivity contribution in [3.63, 3.8) is 0 Å². The summed E-state index contributed by atoms with van der Waals surface area (Å²) in [5.74, 6) is 0.172. The van der Waals surface area contributed by atoms with E-state index in [2.05, 4.69) is 35.6 Å². The minimum Gasteiger partial charge on any atom is -0.370 e. The van der Waals surface area contributed by atoms with Crippen molar-refractivity contribution in [3.05, 3.63) is 35.9 Å². The Hall–Kier alpha value is -1.39. The predicted octanol–water partition coefficient (Wildman–Crippen LogP) is 1.80. The maximum Gasteiger partial charge on any atom is 0.243 e. The number of benzene rings is 1. The van der Waals surface area contributed by atoms with E-state index in [9.17, 15) is 4.79 Å². The molecular weight excluding hydrogens is 252 g/mol. The third kappa shape index (κ3) is 4.62. The molecule has 2 atom stereocenters. The van der Waals surface area contributed by atoms with Gasteiger partial charge in [0, 0.05) is 12.6 Å². The van der Waals surface area contributed by atoms with Crippen molar-refractivity contribution in [2.75, 3.05) is 19.8 Å². The lowest BCUT2D eigenvalue weighted by Gasteiger charge is -2.32. The number of rotatable bonds is 7. The summed E-state index contributed by atoms with van der Waals surface area (Å²) >= 11 is 0. The molecule has 110 valence electrons. The lowest BCUT2D eigenvalue weighted by atomic mass is 9.80. The molecule has 0 saturated heterocycles. The Bertz CT molecular complexity index is 408. The van der Waals surface area contributed by atoms with Crippen molar-refractivity contribution in [2.24, 2.45) is 5.73 Å². The molecule has 1 fully saturated rings. The Morgan fingerprint density at radius 1 is 1.25 bits per heavy atom.